The van der Waals surface area contributed by atoms with Crippen molar-refractivity contribution in [1.82, 2.24) is 4.57 Å². The third kappa shape index (κ3) is 4.05. The average molecular weight is 467 g/mol. The van der Waals surface area contributed by atoms with Gasteiger partial charge in [0, 0.05) is 27.8 Å². The summed E-state index contributed by atoms with van der Waals surface area (Å²) in [5.41, 5.74) is 9.71. The molecule has 0 atom stereocenters. The van der Waals surface area contributed by atoms with Gasteiger partial charge in [-0.3, -0.25) is 0 Å². The first-order valence-electron chi connectivity index (χ1n) is 12.5. The molecule has 6 aromatic rings. The fourth-order valence-corrected chi connectivity index (χ4v) is 4.96. The van der Waals surface area contributed by atoms with Crippen molar-refractivity contribution in [3.63, 3.8) is 0 Å². The molecule has 0 bridgehead atoms. The Morgan fingerprint density at radius 1 is 0.528 bits per heavy atom. The molecule has 0 aliphatic rings. The molecule has 0 fully saturated rings. The van der Waals surface area contributed by atoms with Crippen molar-refractivity contribution < 1.29 is 0 Å². The summed E-state index contributed by atoms with van der Waals surface area (Å²) in [6.45, 7) is 6.84. The highest BCUT2D eigenvalue weighted by molar-refractivity contribution is 6.10. The molecule has 0 amide bonds. The van der Waals surface area contributed by atoms with Gasteiger partial charge in [0.1, 0.15) is 0 Å². The van der Waals surface area contributed by atoms with Gasteiger partial charge in [0.05, 0.1) is 11.0 Å². The number of rotatable bonds is 4. The fourth-order valence-electron chi connectivity index (χ4n) is 4.96. The van der Waals surface area contributed by atoms with Gasteiger partial charge in [0.25, 0.3) is 0 Å². The smallest absolute Gasteiger partial charge is 0.0541 e. The maximum Gasteiger partial charge on any atom is 0.0541 e. The molecule has 0 saturated heterocycles. The largest absolute Gasteiger partial charge is 0.356 e. The van der Waals surface area contributed by atoms with Crippen LogP contribution in [0.4, 0.5) is 11.4 Å². The van der Waals surface area contributed by atoms with E-state index in [2.05, 4.69) is 134 Å². The summed E-state index contributed by atoms with van der Waals surface area (Å²) in [5.74, 6) is 0. The van der Waals surface area contributed by atoms with Crippen molar-refractivity contribution in [2.24, 2.45) is 0 Å². The zero-order chi connectivity index (χ0) is 24.7. The highest BCUT2D eigenvalue weighted by atomic mass is 15.0. The number of nitrogens with one attached hydrogen (secondary N) is 1. The summed E-state index contributed by atoms with van der Waals surface area (Å²) in [6.07, 6.45) is 0. The van der Waals surface area contributed by atoms with Crippen LogP contribution in [0.15, 0.2) is 121 Å². The Morgan fingerprint density at radius 3 is 1.75 bits per heavy atom. The number of anilines is 2. The molecule has 36 heavy (non-hydrogen) atoms. The normalized spacial score (nSPS) is 11.8. The Kier molecular flexibility index (Phi) is 5.38. The molecule has 1 N–H and O–H groups in total. The second-order valence-corrected chi connectivity index (χ2v) is 10.5. The van der Waals surface area contributed by atoms with Crippen molar-refractivity contribution in [2.75, 3.05) is 5.32 Å². The predicted molar refractivity (Wildman–Crippen MR) is 155 cm³/mol. The maximum absolute atomic E-state index is 3.47. The van der Waals surface area contributed by atoms with E-state index in [1.165, 1.54) is 44.2 Å². The van der Waals surface area contributed by atoms with Crippen LogP contribution in [-0.4, -0.2) is 4.57 Å². The molecule has 2 heteroatoms. The van der Waals surface area contributed by atoms with E-state index in [9.17, 15) is 0 Å². The molecule has 0 radical (unpaired) electrons. The van der Waals surface area contributed by atoms with Gasteiger partial charge in [-0.2, -0.15) is 0 Å². The molecule has 0 aliphatic carbocycles. The first-order valence-corrected chi connectivity index (χ1v) is 12.5. The number of para-hydroxylation sites is 2. The number of benzene rings is 5. The molecule has 2 nitrogen and oxygen atoms in total. The first kappa shape index (κ1) is 22.2. The van der Waals surface area contributed by atoms with Crippen molar-refractivity contribution in [1.29, 1.82) is 0 Å². The second kappa shape index (κ2) is 8.73. The zero-order valence-electron chi connectivity index (χ0n) is 21.0. The minimum atomic E-state index is 0.0918. The molecule has 0 aliphatic heterocycles. The predicted octanol–water partition coefficient (Wildman–Crippen LogP) is 9.49. The van der Waals surface area contributed by atoms with E-state index in [-0.39, 0.29) is 5.41 Å². The molecule has 1 heterocycles. The van der Waals surface area contributed by atoms with E-state index in [4.69, 9.17) is 0 Å². The lowest BCUT2D eigenvalue weighted by Crippen LogP contribution is -2.10. The number of nitrogens with zero attached hydrogens (tertiary/aromatic N) is 1. The van der Waals surface area contributed by atoms with E-state index in [0.717, 1.165) is 11.4 Å². The summed E-state index contributed by atoms with van der Waals surface area (Å²) >= 11 is 0. The fraction of sp³-hybridized carbons (Fsp3) is 0.118. The first-order chi connectivity index (χ1) is 17.5. The zero-order valence-corrected chi connectivity index (χ0v) is 21.0. The van der Waals surface area contributed by atoms with Crippen molar-refractivity contribution in [2.45, 2.75) is 26.2 Å². The van der Waals surface area contributed by atoms with E-state index < -0.39 is 0 Å². The minimum Gasteiger partial charge on any atom is -0.356 e. The monoisotopic (exact) mass is 466 g/mol. The third-order valence-corrected chi connectivity index (χ3v) is 6.93. The molecule has 5 aromatic carbocycles. The van der Waals surface area contributed by atoms with Gasteiger partial charge in [-0.25, -0.2) is 0 Å². The van der Waals surface area contributed by atoms with Crippen molar-refractivity contribution in [3.05, 3.63) is 127 Å². The standard InChI is InChI=1S/C34H30N2/c1-34(2,3)26-17-21-33-31(23-26)30-22-25(16-20-32(30)36(33)29-12-8-5-9-13-29)24-14-18-28(19-15-24)35-27-10-6-4-7-11-27/h4-23,35H,1-3H3. The van der Waals surface area contributed by atoms with Crippen LogP contribution in [0.2, 0.25) is 0 Å². The van der Waals surface area contributed by atoms with Crippen LogP contribution < -0.4 is 5.32 Å². The summed E-state index contributed by atoms with van der Waals surface area (Å²) in [7, 11) is 0. The van der Waals surface area contributed by atoms with E-state index in [1.807, 2.05) is 18.2 Å². The van der Waals surface area contributed by atoms with Crippen LogP contribution in [0.25, 0.3) is 38.6 Å². The van der Waals surface area contributed by atoms with E-state index >= 15 is 0 Å². The molecule has 0 saturated carbocycles. The maximum atomic E-state index is 3.47. The van der Waals surface area contributed by atoms with Gasteiger partial charge < -0.3 is 9.88 Å². The summed E-state index contributed by atoms with van der Waals surface area (Å²) in [5, 5.41) is 6.05. The quantitative estimate of drug-likeness (QED) is 0.274. The Bertz CT molecular complexity index is 1650. The van der Waals surface area contributed by atoms with Crippen LogP contribution in [0, 0.1) is 0 Å². The number of hydrogen-bond acceptors (Lipinski definition) is 1. The van der Waals surface area contributed by atoms with Crippen LogP contribution in [-0.2, 0) is 5.41 Å². The number of fused-ring (bicyclic) bond motifs is 3. The van der Waals surface area contributed by atoms with E-state index in [1.54, 1.807) is 0 Å². The van der Waals surface area contributed by atoms with Crippen LogP contribution in [0.3, 0.4) is 0 Å². The van der Waals surface area contributed by atoms with Crippen LogP contribution in [0.1, 0.15) is 26.3 Å². The molecule has 6 rings (SSSR count). The van der Waals surface area contributed by atoms with Gasteiger partial charge >= 0.3 is 0 Å². The third-order valence-electron chi connectivity index (χ3n) is 6.93. The molecule has 176 valence electrons. The average Bonchev–Trinajstić information content (AvgIpc) is 3.23. The summed E-state index contributed by atoms with van der Waals surface area (Å²) in [6, 6.07) is 43.4. The highest BCUT2D eigenvalue weighted by Crippen LogP contribution is 2.37. The van der Waals surface area contributed by atoms with Gasteiger partial charge in [-0.1, -0.05) is 81.4 Å². The Hall–Kier alpha value is -4.30. The minimum absolute atomic E-state index is 0.0918. The topological polar surface area (TPSA) is 17.0 Å². The summed E-state index contributed by atoms with van der Waals surface area (Å²) < 4.78 is 2.38. The molecule has 0 spiro atoms. The van der Waals surface area contributed by atoms with Crippen molar-refractivity contribution in [3.8, 4) is 16.8 Å². The lowest BCUT2D eigenvalue weighted by Gasteiger charge is -2.19. The summed E-state index contributed by atoms with van der Waals surface area (Å²) in [4.78, 5) is 0. The highest BCUT2D eigenvalue weighted by Gasteiger charge is 2.18. The van der Waals surface area contributed by atoms with Crippen LogP contribution >= 0.6 is 0 Å². The Morgan fingerprint density at radius 2 is 1.08 bits per heavy atom. The lowest BCUT2D eigenvalue weighted by molar-refractivity contribution is 0.591. The van der Waals surface area contributed by atoms with Gasteiger partial charge in [0.2, 0.25) is 0 Å². The molecule has 0 unspecified atom stereocenters. The number of aromatic nitrogens is 1. The Balaban J connectivity index is 1.48. The van der Waals surface area contributed by atoms with Gasteiger partial charge in [-0.15, -0.1) is 0 Å². The van der Waals surface area contributed by atoms with E-state index in [0.29, 0.717) is 0 Å². The molecular formula is C34H30N2. The second-order valence-electron chi connectivity index (χ2n) is 10.5. The number of hydrogen-bond donors (Lipinski definition) is 1. The van der Waals surface area contributed by atoms with Crippen molar-refractivity contribution >= 4 is 33.2 Å². The lowest BCUT2D eigenvalue weighted by atomic mass is 9.86. The van der Waals surface area contributed by atoms with Gasteiger partial charge in [0.15, 0.2) is 0 Å². The van der Waals surface area contributed by atoms with Crippen LogP contribution in [0.5, 0.6) is 0 Å². The SMILES string of the molecule is CC(C)(C)c1ccc2c(c1)c1cc(-c3ccc(Nc4ccccc4)cc3)ccc1n2-c1ccccc1. The van der Waals surface area contributed by atoms with Gasteiger partial charge in [-0.05, 0) is 82.8 Å². The molecule has 1 aromatic heterocycles. The molecular weight excluding hydrogens is 436 g/mol. The Labute approximate surface area is 212 Å².